The number of hydrogen-bond acceptors (Lipinski definition) is 3. The van der Waals surface area contributed by atoms with E-state index in [0.717, 1.165) is 13.8 Å². The average Bonchev–Trinajstić information content (AvgIpc) is 1.25. The van der Waals surface area contributed by atoms with Gasteiger partial charge >= 0.3 is 37.7 Å². The summed E-state index contributed by atoms with van der Waals surface area (Å²) >= 11 is 0. The summed E-state index contributed by atoms with van der Waals surface area (Å²) in [6, 6.07) is 0. The molecule has 10 heavy (non-hydrogen) atoms. The molecule has 0 amide bonds. The van der Waals surface area contributed by atoms with Gasteiger partial charge in [0.1, 0.15) is 0 Å². The zero-order valence-corrected chi connectivity index (χ0v) is 5.94. The maximum absolute atomic E-state index is 9.96. The molecular formula is C3H12CaO5S. The van der Waals surface area contributed by atoms with E-state index in [-0.39, 0.29) is 43.2 Å². The van der Waals surface area contributed by atoms with Crippen molar-refractivity contribution in [3.8, 4) is 0 Å². The minimum atomic E-state index is -4.28. The molecule has 62 valence electrons. The van der Waals surface area contributed by atoms with Crippen molar-refractivity contribution in [3.05, 3.63) is 0 Å². The first-order valence-electron chi connectivity index (χ1n) is 1.94. The number of hydrogen-bond donors (Lipinski definition) is 2. The van der Waals surface area contributed by atoms with Crippen LogP contribution in [0.5, 0.6) is 0 Å². The third kappa shape index (κ3) is 5.84. The molecular weight excluding hydrogens is 188 g/mol. The fraction of sp³-hybridized carbons (Fsp3) is 1.00. The van der Waals surface area contributed by atoms with Crippen molar-refractivity contribution in [2.75, 3.05) is 0 Å². The molecule has 0 aromatic heterocycles. The molecule has 0 radical (unpaired) electrons. The quantitative estimate of drug-likeness (QED) is 0.372. The molecule has 4 N–H and O–H groups in total. The first-order valence-corrected chi connectivity index (χ1v) is 3.38. The minimum absolute atomic E-state index is 0. The Morgan fingerprint density at radius 3 is 1.40 bits per heavy atom. The van der Waals surface area contributed by atoms with Crippen LogP contribution in [0.3, 0.4) is 0 Å². The topological polar surface area (TPSA) is 106 Å². The summed E-state index contributed by atoms with van der Waals surface area (Å²) in [7, 11) is -4.28. The SMILES string of the molecule is CC(C)(O)S(=O)(=O)O.O.[CaH2]. The van der Waals surface area contributed by atoms with Crippen molar-refractivity contribution in [3.63, 3.8) is 0 Å². The van der Waals surface area contributed by atoms with E-state index in [1.807, 2.05) is 0 Å². The first-order chi connectivity index (χ1) is 3.25. The fourth-order valence-corrected chi connectivity index (χ4v) is 0. The normalized spacial score (nSPS) is 11.2. The van der Waals surface area contributed by atoms with E-state index in [1.165, 1.54) is 0 Å². The molecule has 0 aliphatic carbocycles. The molecule has 0 fully saturated rings. The van der Waals surface area contributed by atoms with E-state index in [1.54, 1.807) is 0 Å². The molecule has 0 aromatic carbocycles. The molecule has 0 unspecified atom stereocenters. The van der Waals surface area contributed by atoms with Crippen LogP contribution in [0.25, 0.3) is 0 Å². The first kappa shape index (κ1) is 17.3. The third-order valence-electron chi connectivity index (χ3n) is 0.631. The van der Waals surface area contributed by atoms with Crippen LogP contribution >= 0.6 is 0 Å². The van der Waals surface area contributed by atoms with E-state index in [0.29, 0.717) is 0 Å². The van der Waals surface area contributed by atoms with Gasteiger partial charge in [-0.25, -0.2) is 0 Å². The summed E-state index contributed by atoms with van der Waals surface area (Å²) in [5, 5.41) is 8.52. The third-order valence-corrected chi connectivity index (χ3v) is 1.89. The Hall–Kier alpha value is 1.09. The predicted octanol–water partition coefficient (Wildman–Crippen LogP) is -2.14. The van der Waals surface area contributed by atoms with Crippen LogP contribution in [-0.2, 0) is 10.1 Å². The van der Waals surface area contributed by atoms with Gasteiger partial charge in [-0.3, -0.25) is 4.55 Å². The van der Waals surface area contributed by atoms with E-state index >= 15 is 0 Å². The molecule has 0 spiro atoms. The van der Waals surface area contributed by atoms with Gasteiger partial charge in [0.25, 0.3) is 10.1 Å². The molecule has 0 saturated heterocycles. The molecule has 0 bridgehead atoms. The molecule has 0 saturated carbocycles. The average molecular weight is 200 g/mol. The van der Waals surface area contributed by atoms with Crippen LogP contribution in [0.2, 0.25) is 0 Å². The molecule has 0 heterocycles. The molecule has 0 aliphatic rings. The maximum atomic E-state index is 9.96. The number of aliphatic hydroxyl groups is 1. The molecule has 5 nitrogen and oxygen atoms in total. The van der Waals surface area contributed by atoms with Gasteiger partial charge in [-0.05, 0) is 13.8 Å². The predicted molar refractivity (Wildman–Crippen MR) is 40.0 cm³/mol. The van der Waals surface area contributed by atoms with Crippen LogP contribution in [0.4, 0.5) is 0 Å². The Labute approximate surface area is 89.5 Å². The van der Waals surface area contributed by atoms with Gasteiger partial charge in [0.2, 0.25) is 0 Å². The Balaban J connectivity index is -0.000000245. The molecule has 7 heteroatoms. The van der Waals surface area contributed by atoms with Crippen molar-refractivity contribution in [1.29, 1.82) is 0 Å². The van der Waals surface area contributed by atoms with Gasteiger partial charge in [0.05, 0.1) is 0 Å². The van der Waals surface area contributed by atoms with Gasteiger partial charge in [0.15, 0.2) is 4.93 Å². The van der Waals surface area contributed by atoms with Gasteiger partial charge < -0.3 is 10.6 Å². The van der Waals surface area contributed by atoms with E-state index in [9.17, 15) is 8.42 Å². The summed E-state index contributed by atoms with van der Waals surface area (Å²) < 4.78 is 28.0. The molecule has 0 aliphatic heterocycles. The molecule has 0 aromatic rings. The van der Waals surface area contributed by atoms with Crippen molar-refractivity contribution >= 4 is 47.9 Å². The van der Waals surface area contributed by atoms with Gasteiger partial charge in [0, 0.05) is 0 Å². The summed E-state index contributed by atoms with van der Waals surface area (Å²) in [5.74, 6) is 0. The van der Waals surface area contributed by atoms with Crippen LogP contribution < -0.4 is 0 Å². The second-order valence-electron chi connectivity index (χ2n) is 1.92. The Bertz CT molecular complexity index is 166. The van der Waals surface area contributed by atoms with Crippen LogP contribution in [0, 0.1) is 0 Å². The number of rotatable bonds is 1. The molecule has 0 rings (SSSR count). The van der Waals surface area contributed by atoms with E-state index in [2.05, 4.69) is 0 Å². The van der Waals surface area contributed by atoms with Crippen LogP contribution in [-0.4, -0.2) is 66.2 Å². The zero-order chi connectivity index (χ0) is 7.00. The standard InChI is InChI=1S/C3H8O4S.Ca.H2O.2H/c1-3(2,4)8(5,6)7;;;;/h4H,1-2H3,(H,5,6,7);;1H2;;. The monoisotopic (exact) mass is 200 g/mol. The fourth-order valence-electron chi connectivity index (χ4n) is 0. The summed E-state index contributed by atoms with van der Waals surface area (Å²) in [4.78, 5) is -2.03. The van der Waals surface area contributed by atoms with Crippen molar-refractivity contribution in [1.82, 2.24) is 0 Å². The Morgan fingerprint density at radius 2 is 1.40 bits per heavy atom. The second-order valence-corrected chi connectivity index (χ2v) is 3.87. The summed E-state index contributed by atoms with van der Waals surface area (Å²) in [6.45, 7) is 1.98. The van der Waals surface area contributed by atoms with E-state index < -0.39 is 15.1 Å². The zero-order valence-electron chi connectivity index (χ0n) is 5.12. The van der Waals surface area contributed by atoms with Crippen molar-refractivity contribution < 1.29 is 23.6 Å². The van der Waals surface area contributed by atoms with Crippen molar-refractivity contribution in [2.24, 2.45) is 0 Å². The van der Waals surface area contributed by atoms with E-state index in [4.69, 9.17) is 9.66 Å². The summed E-state index contributed by atoms with van der Waals surface area (Å²) in [5.41, 5.74) is 0. The Kier molecular flexibility index (Phi) is 8.39. The van der Waals surface area contributed by atoms with Gasteiger partial charge in [-0.1, -0.05) is 0 Å². The second kappa shape index (κ2) is 4.87. The van der Waals surface area contributed by atoms with Gasteiger partial charge in [-0.2, -0.15) is 8.42 Å². The van der Waals surface area contributed by atoms with Crippen LogP contribution in [0.15, 0.2) is 0 Å². The van der Waals surface area contributed by atoms with Gasteiger partial charge in [-0.15, -0.1) is 0 Å². The molecule has 0 atom stereocenters. The Morgan fingerprint density at radius 1 is 1.30 bits per heavy atom. The van der Waals surface area contributed by atoms with Crippen molar-refractivity contribution in [2.45, 2.75) is 18.8 Å². The van der Waals surface area contributed by atoms with Crippen LogP contribution in [0.1, 0.15) is 13.8 Å². The summed E-state index contributed by atoms with van der Waals surface area (Å²) in [6.07, 6.45) is 0.